The zero-order valence-corrected chi connectivity index (χ0v) is 28.7. The number of aldehydes is 1. The van der Waals surface area contributed by atoms with Gasteiger partial charge in [0.15, 0.2) is 5.82 Å². The molecule has 1 amide bonds. The SMILES string of the molecule is CC(C)(C)c1ccc(C=O)cc1.CCCCCOc1ccc(-c2cnc(-c3ccc(CC(NC)C(=O)NCCC(=O)O)cc3)nc2)cc1. The van der Waals surface area contributed by atoms with E-state index < -0.39 is 12.0 Å². The van der Waals surface area contributed by atoms with Gasteiger partial charge in [-0.05, 0) is 54.1 Å². The number of carbonyl (C=O) groups excluding carboxylic acids is 2. The Morgan fingerprint density at radius 2 is 1.50 bits per heavy atom. The number of likely N-dealkylation sites (N-methyl/N-ethyl adjacent to an activating group) is 1. The summed E-state index contributed by atoms with van der Waals surface area (Å²) in [6.45, 7) is 9.48. The van der Waals surface area contributed by atoms with E-state index in [1.54, 1.807) is 7.05 Å². The lowest BCUT2D eigenvalue weighted by molar-refractivity contribution is -0.137. The third kappa shape index (κ3) is 12.4. The first kappa shape index (κ1) is 37.6. The molecule has 1 heterocycles. The Morgan fingerprint density at radius 3 is 2.04 bits per heavy atom. The van der Waals surface area contributed by atoms with E-state index in [-0.39, 0.29) is 24.3 Å². The number of rotatable bonds is 15. The number of unbranched alkanes of at least 4 members (excludes halogenated alkanes) is 2. The summed E-state index contributed by atoms with van der Waals surface area (Å²) in [5.41, 5.74) is 5.97. The zero-order chi connectivity index (χ0) is 34.9. The molecule has 0 saturated heterocycles. The van der Waals surface area contributed by atoms with Gasteiger partial charge >= 0.3 is 5.97 Å². The highest BCUT2D eigenvalue weighted by molar-refractivity contribution is 5.82. The molecule has 4 rings (SSSR count). The number of hydrogen-bond donors (Lipinski definition) is 3. The topological polar surface area (TPSA) is 131 Å². The monoisotopic (exact) mass is 652 g/mol. The van der Waals surface area contributed by atoms with Crippen LogP contribution in [0.25, 0.3) is 22.5 Å². The molecule has 0 spiro atoms. The molecule has 4 aromatic rings. The van der Waals surface area contributed by atoms with E-state index >= 15 is 0 Å². The van der Waals surface area contributed by atoms with Crippen molar-refractivity contribution in [1.29, 1.82) is 0 Å². The first-order valence-corrected chi connectivity index (χ1v) is 16.4. The maximum atomic E-state index is 12.3. The number of aliphatic carboxylic acids is 1. The normalized spacial score (nSPS) is 11.5. The molecule has 1 atom stereocenters. The van der Waals surface area contributed by atoms with Crippen LogP contribution in [0.4, 0.5) is 0 Å². The van der Waals surface area contributed by atoms with Crippen LogP contribution in [-0.2, 0) is 21.4 Å². The highest BCUT2D eigenvalue weighted by atomic mass is 16.5. The number of benzene rings is 3. The van der Waals surface area contributed by atoms with Gasteiger partial charge in [0.05, 0.1) is 19.1 Å². The molecule has 3 N–H and O–H groups in total. The van der Waals surface area contributed by atoms with Crippen molar-refractivity contribution in [2.24, 2.45) is 0 Å². The van der Waals surface area contributed by atoms with Gasteiger partial charge < -0.3 is 20.5 Å². The molecule has 9 nitrogen and oxygen atoms in total. The van der Waals surface area contributed by atoms with E-state index in [0.717, 1.165) is 52.9 Å². The lowest BCUT2D eigenvalue weighted by atomic mass is 9.87. The van der Waals surface area contributed by atoms with Crippen molar-refractivity contribution in [2.75, 3.05) is 20.2 Å². The van der Waals surface area contributed by atoms with Crippen LogP contribution in [0, 0.1) is 0 Å². The summed E-state index contributed by atoms with van der Waals surface area (Å²) in [5.74, 6) is 0.323. The molecule has 3 aromatic carbocycles. The summed E-state index contributed by atoms with van der Waals surface area (Å²) in [7, 11) is 1.71. The van der Waals surface area contributed by atoms with Crippen LogP contribution in [0.15, 0.2) is 85.2 Å². The summed E-state index contributed by atoms with van der Waals surface area (Å²) in [4.78, 5) is 42.4. The Labute approximate surface area is 284 Å². The lowest BCUT2D eigenvalue weighted by Gasteiger charge is -2.18. The molecule has 0 radical (unpaired) electrons. The van der Waals surface area contributed by atoms with Crippen molar-refractivity contribution in [1.82, 2.24) is 20.6 Å². The van der Waals surface area contributed by atoms with Gasteiger partial charge in [0.1, 0.15) is 12.0 Å². The Hall–Kier alpha value is -4.89. The van der Waals surface area contributed by atoms with Crippen molar-refractivity contribution < 1.29 is 24.2 Å². The van der Waals surface area contributed by atoms with Crippen LogP contribution in [0.1, 0.15) is 74.9 Å². The predicted molar refractivity (Wildman–Crippen MR) is 190 cm³/mol. The molecule has 48 heavy (non-hydrogen) atoms. The van der Waals surface area contributed by atoms with E-state index in [2.05, 4.69) is 48.3 Å². The largest absolute Gasteiger partial charge is 0.494 e. The van der Waals surface area contributed by atoms with Crippen molar-refractivity contribution in [3.63, 3.8) is 0 Å². The number of carbonyl (C=O) groups is 3. The fraction of sp³-hybridized carbons (Fsp3) is 0.359. The molecule has 254 valence electrons. The molecule has 1 aromatic heterocycles. The fourth-order valence-electron chi connectivity index (χ4n) is 4.74. The van der Waals surface area contributed by atoms with Gasteiger partial charge in [0.25, 0.3) is 0 Å². The molecular formula is C39H48N4O5. The molecule has 0 aliphatic carbocycles. The van der Waals surface area contributed by atoms with Gasteiger partial charge in [-0.3, -0.25) is 14.4 Å². The first-order valence-electron chi connectivity index (χ1n) is 16.4. The summed E-state index contributed by atoms with van der Waals surface area (Å²) in [6, 6.07) is 23.0. The maximum absolute atomic E-state index is 12.3. The van der Waals surface area contributed by atoms with Crippen molar-refractivity contribution in [3.05, 3.63) is 102 Å². The molecule has 0 bridgehead atoms. The average molecular weight is 653 g/mol. The van der Waals surface area contributed by atoms with Gasteiger partial charge in [-0.1, -0.05) is 101 Å². The minimum Gasteiger partial charge on any atom is -0.494 e. The van der Waals surface area contributed by atoms with E-state index in [0.29, 0.717) is 12.2 Å². The minimum absolute atomic E-state index is 0.103. The predicted octanol–water partition coefficient (Wildman–Crippen LogP) is 6.90. The molecule has 0 fully saturated rings. The van der Waals surface area contributed by atoms with Crippen molar-refractivity contribution >= 4 is 18.2 Å². The number of carboxylic acid groups (broad SMARTS) is 1. The highest BCUT2D eigenvalue weighted by Gasteiger charge is 2.17. The number of aromatic nitrogens is 2. The quantitative estimate of drug-likeness (QED) is 0.0934. The number of carboxylic acids is 1. The Kier molecular flexibility index (Phi) is 14.9. The second kappa shape index (κ2) is 19.1. The third-order valence-electron chi connectivity index (χ3n) is 7.72. The van der Waals surface area contributed by atoms with E-state index in [4.69, 9.17) is 9.84 Å². The van der Waals surface area contributed by atoms with Gasteiger partial charge in [-0.2, -0.15) is 0 Å². The van der Waals surface area contributed by atoms with Crippen LogP contribution in [0.3, 0.4) is 0 Å². The van der Waals surface area contributed by atoms with Crippen LogP contribution >= 0.6 is 0 Å². The van der Waals surface area contributed by atoms with Crippen LogP contribution in [-0.4, -0.2) is 59.5 Å². The van der Waals surface area contributed by atoms with Crippen molar-refractivity contribution in [2.45, 2.75) is 71.3 Å². The van der Waals surface area contributed by atoms with Crippen LogP contribution < -0.4 is 15.4 Å². The van der Waals surface area contributed by atoms with Crippen LogP contribution in [0.2, 0.25) is 0 Å². The van der Waals surface area contributed by atoms with Gasteiger partial charge in [-0.15, -0.1) is 0 Å². The molecule has 9 heteroatoms. The summed E-state index contributed by atoms with van der Waals surface area (Å²) in [5, 5.41) is 14.3. The average Bonchev–Trinajstić information content (AvgIpc) is 3.09. The van der Waals surface area contributed by atoms with Crippen molar-refractivity contribution in [3.8, 4) is 28.3 Å². The Balaban J connectivity index is 0.000000437. The highest BCUT2D eigenvalue weighted by Crippen LogP contribution is 2.24. The summed E-state index contributed by atoms with van der Waals surface area (Å²) >= 11 is 0. The van der Waals surface area contributed by atoms with Crippen LogP contribution in [0.5, 0.6) is 5.75 Å². The van der Waals surface area contributed by atoms with E-state index in [9.17, 15) is 14.4 Å². The van der Waals surface area contributed by atoms with E-state index in [1.807, 2.05) is 85.2 Å². The number of nitrogens with one attached hydrogen (secondary N) is 2. The van der Waals surface area contributed by atoms with Gasteiger partial charge in [0.2, 0.25) is 5.91 Å². The third-order valence-corrected chi connectivity index (χ3v) is 7.72. The number of ether oxygens (including phenoxy) is 1. The Morgan fingerprint density at radius 1 is 0.875 bits per heavy atom. The standard InChI is InChI=1S/C28H34N4O4.C11H14O/c1-3-4-5-16-36-24-12-10-21(11-13-24)23-18-31-27(32-19-23)22-8-6-20(7-9-22)17-25(29-2)28(35)30-15-14-26(33)34;1-11(2,3)10-6-4-9(8-12)5-7-10/h6-13,18-19,25,29H,3-5,14-17H2,1-2H3,(H,30,35)(H,33,34);4-8H,1-3H3. The van der Waals surface area contributed by atoms with E-state index in [1.165, 1.54) is 18.4 Å². The molecule has 0 saturated carbocycles. The Bertz CT molecular complexity index is 1560. The second-order valence-electron chi connectivity index (χ2n) is 12.5. The van der Waals surface area contributed by atoms with Gasteiger partial charge in [0, 0.05) is 35.6 Å². The summed E-state index contributed by atoms with van der Waals surface area (Å²) < 4.78 is 5.78. The second-order valence-corrected chi connectivity index (χ2v) is 12.5. The smallest absolute Gasteiger partial charge is 0.305 e. The molecular weight excluding hydrogens is 604 g/mol. The van der Waals surface area contributed by atoms with Gasteiger partial charge in [-0.25, -0.2) is 9.97 Å². The first-order chi connectivity index (χ1) is 23.0. The number of amides is 1. The molecule has 0 aliphatic heterocycles. The lowest BCUT2D eigenvalue weighted by Crippen LogP contribution is -2.44. The summed E-state index contributed by atoms with van der Waals surface area (Å²) in [6.07, 6.45) is 8.28. The number of nitrogens with zero attached hydrogens (tertiary/aromatic N) is 2. The maximum Gasteiger partial charge on any atom is 0.305 e. The fourth-order valence-corrected chi connectivity index (χ4v) is 4.74. The molecule has 1 unspecified atom stereocenters. The number of hydrogen-bond acceptors (Lipinski definition) is 7. The zero-order valence-electron chi connectivity index (χ0n) is 28.7. The molecule has 0 aliphatic rings. The minimum atomic E-state index is -0.942.